The van der Waals surface area contributed by atoms with Crippen molar-refractivity contribution in [3.05, 3.63) is 12.1 Å². The van der Waals surface area contributed by atoms with Gasteiger partial charge < -0.3 is 25.2 Å². The van der Waals surface area contributed by atoms with Crippen molar-refractivity contribution in [1.82, 2.24) is 0 Å². The summed E-state index contributed by atoms with van der Waals surface area (Å²) in [6.45, 7) is 6.07. The Morgan fingerprint density at radius 3 is 2.35 bits per heavy atom. The minimum Gasteiger partial charge on any atom is -0.486 e. The first kappa shape index (κ1) is 14.8. The summed E-state index contributed by atoms with van der Waals surface area (Å²) in [5.74, 6) is 1.43. The van der Waals surface area contributed by atoms with E-state index in [9.17, 15) is 5.11 Å². The van der Waals surface area contributed by atoms with Crippen LogP contribution in [0.25, 0.3) is 0 Å². The van der Waals surface area contributed by atoms with Gasteiger partial charge in [-0.25, -0.2) is 0 Å². The second-order valence-electron chi connectivity index (χ2n) is 4.94. The minimum atomic E-state index is 0.102. The smallest absolute Gasteiger partial charge is 0.163 e. The van der Waals surface area contributed by atoms with Crippen molar-refractivity contribution in [3.8, 4) is 11.5 Å². The third-order valence-corrected chi connectivity index (χ3v) is 3.73. The fourth-order valence-electron chi connectivity index (χ4n) is 2.68. The monoisotopic (exact) mass is 280 g/mol. The van der Waals surface area contributed by atoms with Gasteiger partial charge in [-0.2, -0.15) is 0 Å². The number of aliphatic hydroxyl groups is 1. The Kier molecular flexibility index (Phi) is 4.95. The van der Waals surface area contributed by atoms with Crippen molar-refractivity contribution in [3.63, 3.8) is 0 Å². The highest BCUT2D eigenvalue weighted by molar-refractivity contribution is 5.73. The number of rotatable bonds is 6. The molecule has 1 aliphatic rings. The van der Waals surface area contributed by atoms with E-state index in [-0.39, 0.29) is 6.61 Å². The SMILES string of the molecule is CCC(CC)N(CCO)c1cc2c(cc1N)OCCO2. The highest BCUT2D eigenvalue weighted by atomic mass is 16.6. The van der Waals surface area contributed by atoms with Crippen LogP contribution in [-0.4, -0.2) is 37.5 Å². The molecule has 0 saturated heterocycles. The quantitative estimate of drug-likeness (QED) is 0.780. The largest absolute Gasteiger partial charge is 0.486 e. The Morgan fingerprint density at radius 1 is 1.20 bits per heavy atom. The molecule has 0 saturated carbocycles. The zero-order valence-corrected chi connectivity index (χ0v) is 12.3. The second kappa shape index (κ2) is 6.70. The van der Waals surface area contributed by atoms with Gasteiger partial charge in [-0.3, -0.25) is 0 Å². The average Bonchev–Trinajstić information content (AvgIpc) is 2.47. The number of nitrogens with zero attached hydrogens (tertiary/aromatic N) is 1. The molecular weight excluding hydrogens is 256 g/mol. The first-order valence-corrected chi connectivity index (χ1v) is 7.27. The molecule has 3 N–H and O–H groups in total. The van der Waals surface area contributed by atoms with Crippen LogP contribution in [0.1, 0.15) is 26.7 Å². The number of nitrogen functional groups attached to an aromatic ring is 1. The number of ether oxygens (including phenoxy) is 2. The van der Waals surface area contributed by atoms with Crippen LogP contribution in [-0.2, 0) is 0 Å². The molecule has 0 aromatic heterocycles. The van der Waals surface area contributed by atoms with E-state index in [1.54, 1.807) is 0 Å². The number of benzene rings is 1. The molecule has 2 rings (SSSR count). The molecule has 0 fully saturated rings. The maximum Gasteiger partial charge on any atom is 0.163 e. The lowest BCUT2D eigenvalue weighted by Gasteiger charge is -2.34. The molecule has 0 bridgehead atoms. The van der Waals surface area contributed by atoms with E-state index in [1.165, 1.54) is 0 Å². The van der Waals surface area contributed by atoms with Crippen molar-refractivity contribution in [2.24, 2.45) is 0 Å². The molecule has 0 unspecified atom stereocenters. The highest BCUT2D eigenvalue weighted by Crippen LogP contribution is 2.39. The lowest BCUT2D eigenvalue weighted by atomic mass is 10.1. The molecular formula is C15H24N2O3. The fraction of sp³-hybridized carbons (Fsp3) is 0.600. The molecule has 1 aliphatic heterocycles. The third-order valence-electron chi connectivity index (χ3n) is 3.73. The lowest BCUT2D eigenvalue weighted by molar-refractivity contribution is 0.171. The Labute approximate surface area is 120 Å². The van der Waals surface area contributed by atoms with Gasteiger partial charge >= 0.3 is 0 Å². The van der Waals surface area contributed by atoms with Crippen LogP contribution in [0.4, 0.5) is 11.4 Å². The van der Waals surface area contributed by atoms with Crippen LogP contribution in [0.5, 0.6) is 11.5 Å². The summed E-state index contributed by atoms with van der Waals surface area (Å²) in [5, 5.41) is 9.33. The van der Waals surface area contributed by atoms with Gasteiger partial charge in [-0.15, -0.1) is 0 Å². The van der Waals surface area contributed by atoms with E-state index < -0.39 is 0 Å². The Morgan fingerprint density at radius 2 is 1.80 bits per heavy atom. The van der Waals surface area contributed by atoms with E-state index in [2.05, 4.69) is 18.7 Å². The first-order chi connectivity index (χ1) is 9.71. The molecule has 0 amide bonds. The minimum absolute atomic E-state index is 0.102. The normalized spacial score (nSPS) is 13.6. The third kappa shape index (κ3) is 2.93. The molecule has 1 aromatic carbocycles. The van der Waals surface area contributed by atoms with E-state index in [1.807, 2.05) is 12.1 Å². The first-order valence-electron chi connectivity index (χ1n) is 7.27. The molecule has 20 heavy (non-hydrogen) atoms. The standard InChI is InChI=1S/C15H24N2O3/c1-3-11(4-2)17(5-6-18)13-10-15-14(9-12(13)16)19-7-8-20-15/h9-11,18H,3-8,16H2,1-2H3. The van der Waals surface area contributed by atoms with Crippen LogP contribution in [0, 0.1) is 0 Å². The number of anilines is 2. The summed E-state index contributed by atoms with van der Waals surface area (Å²) in [6.07, 6.45) is 2.01. The second-order valence-corrected chi connectivity index (χ2v) is 4.94. The number of hydrogen-bond acceptors (Lipinski definition) is 5. The predicted molar refractivity (Wildman–Crippen MR) is 80.6 cm³/mol. The van der Waals surface area contributed by atoms with E-state index in [0.29, 0.717) is 37.2 Å². The number of nitrogens with two attached hydrogens (primary N) is 1. The molecule has 1 heterocycles. The van der Waals surface area contributed by atoms with E-state index >= 15 is 0 Å². The fourth-order valence-corrected chi connectivity index (χ4v) is 2.68. The maximum atomic E-state index is 9.33. The summed E-state index contributed by atoms with van der Waals surface area (Å²) >= 11 is 0. The summed E-state index contributed by atoms with van der Waals surface area (Å²) < 4.78 is 11.2. The van der Waals surface area contributed by atoms with Gasteiger partial charge in [0, 0.05) is 24.7 Å². The van der Waals surface area contributed by atoms with Gasteiger partial charge in [0.1, 0.15) is 13.2 Å². The van der Waals surface area contributed by atoms with Crippen LogP contribution < -0.4 is 20.1 Å². The number of hydrogen-bond donors (Lipinski definition) is 2. The molecule has 0 radical (unpaired) electrons. The Balaban J connectivity index is 2.36. The van der Waals surface area contributed by atoms with Crippen LogP contribution in [0.15, 0.2) is 12.1 Å². The van der Waals surface area contributed by atoms with Gasteiger partial charge in [0.25, 0.3) is 0 Å². The van der Waals surface area contributed by atoms with Crippen LogP contribution in [0.3, 0.4) is 0 Å². The highest BCUT2D eigenvalue weighted by Gasteiger charge is 2.21. The topological polar surface area (TPSA) is 68.0 Å². The summed E-state index contributed by atoms with van der Waals surface area (Å²) in [7, 11) is 0. The summed E-state index contributed by atoms with van der Waals surface area (Å²) in [6, 6.07) is 4.10. The average molecular weight is 280 g/mol. The number of fused-ring (bicyclic) bond motifs is 1. The van der Waals surface area contributed by atoms with Crippen molar-refractivity contribution in [2.75, 3.05) is 37.0 Å². The summed E-state index contributed by atoms with van der Waals surface area (Å²) in [4.78, 5) is 2.16. The van der Waals surface area contributed by atoms with Gasteiger partial charge in [-0.05, 0) is 12.8 Å². The zero-order valence-electron chi connectivity index (χ0n) is 12.3. The number of aliphatic hydroxyl groups excluding tert-OH is 1. The predicted octanol–water partition coefficient (Wildman–Crippen LogP) is 2.03. The lowest BCUT2D eigenvalue weighted by Crippen LogP contribution is -2.37. The van der Waals surface area contributed by atoms with Crippen LogP contribution in [0.2, 0.25) is 0 Å². The molecule has 5 heteroatoms. The van der Waals surface area contributed by atoms with Gasteiger partial charge in [0.2, 0.25) is 0 Å². The molecule has 1 aromatic rings. The zero-order chi connectivity index (χ0) is 14.5. The Hall–Kier alpha value is -1.62. The molecule has 0 atom stereocenters. The van der Waals surface area contributed by atoms with Crippen molar-refractivity contribution < 1.29 is 14.6 Å². The van der Waals surface area contributed by atoms with Gasteiger partial charge in [-0.1, -0.05) is 13.8 Å². The van der Waals surface area contributed by atoms with Crippen molar-refractivity contribution in [1.29, 1.82) is 0 Å². The Bertz CT molecular complexity index is 447. The van der Waals surface area contributed by atoms with Gasteiger partial charge in [0.05, 0.1) is 18.0 Å². The molecule has 0 spiro atoms. The molecule has 112 valence electrons. The van der Waals surface area contributed by atoms with Gasteiger partial charge in [0.15, 0.2) is 11.5 Å². The molecule has 5 nitrogen and oxygen atoms in total. The van der Waals surface area contributed by atoms with E-state index in [4.69, 9.17) is 15.2 Å². The van der Waals surface area contributed by atoms with E-state index in [0.717, 1.165) is 24.3 Å². The molecule has 0 aliphatic carbocycles. The maximum absolute atomic E-state index is 9.33. The van der Waals surface area contributed by atoms with Crippen molar-refractivity contribution in [2.45, 2.75) is 32.7 Å². The van der Waals surface area contributed by atoms with Crippen LogP contribution >= 0.6 is 0 Å². The summed E-state index contributed by atoms with van der Waals surface area (Å²) in [5.41, 5.74) is 7.74. The van der Waals surface area contributed by atoms with Crippen molar-refractivity contribution >= 4 is 11.4 Å².